The van der Waals surface area contributed by atoms with Gasteiger partial charge in [-0.25, -0.2) is 8.42 Å². The van der Waals surface area contributed by atoms with Crippen molar-refractivity contribution in [3.63, 3.8) is 0 Å². The zero-order chi connectivity index (χ0) is 15.3. The number of nitrogens with two attached hydrogens (primary N) is 1. The average Bonchev–Trinajstić information content (AvgIpc) is 3.21. The van der Waals surface area contributed by atoms with Crippen molar-refractivity contribution in [3.05, 3.63) is 33.3 Å². The molecule has 0 aromatic carbocycles. The lowest BCUT2D eigenvalue weighted by molar-refractivity contribution is -0.479. The molecule has 0 fully saturated rings. The molecule has 4 rings (SSSR count). The van der Waals surface area contributed by atoms with E-state index in [4.69, 9.17) is 5.73 Å². The smallest absolute Gasteiger partial charge is 0.236 e. The van der Waals surface area contributed by atoms with Crippen LogP contribution in [0.1, 0.15) is 6.42 Å². The lowest BCUT2D eigenvalue weighted by Crippen LogP contribution is -3.00. The molecular formula is C11H11ClN6O2S3. The van der Waals surface area contributed by atoms with Gasteiger partial charge in [0, 0.05) is 5.57 Å². The van der Waals surface area contributed by atoms with Gasteiger partial charge in [-0.3, -0.25) is 4.98 Å². The molecule has 3 N–H and O–H groups in total. The molecule has 1 unspecified atom stereocenters. The third-order valence-corrected chi connectivity index (χ3v) is 7.57. The minimum absolute atomic E-state index is 0. The molecule has 0 saturated carbocycles. The number of nitrogens with zero attached hydrogens (tertiary/aromatic N) is 4. The van der Waals surface area contributed by atoms with Crippen LogP contribution in [-0.2, 0) is 9.84 Å². The van der Waals surface area contributed by atoms with Crippen LogP contribution in [0.5, 0.6) is 0 Å². The first-order chi connectivity index (χ1) is 10.6. The number of sulfone groups is 1. The van der Waals surface area contributed by atoms with E-state index in [1.54, 1.807) is 0 Å². The van der Waals surface area contributed by atoms with E-state index in [0.717, 1.165) is 22.0 Å². The van der Waals surface area contributed by atoms with Crippen LogP contribution in [0.15, 0.2) is 47.9 Å². The molecule has 0 spiro atoms. The highest BCUT2D eigenvalue weighted by Gasteiger charge is 2.53. The molecule has 0 radical (unpaired) electrons. The number of halogens is 1. The van der Waals surface area contributed by atoms with Crippen molar-refractivity contribution in [3.8, 4) is 0 Å². The number of hydrogen-bond donors (Lipinski definition) is 2. The Morgan fingerprint density at radius 3 is 2.96 bits per heavy atom. The quantitative estimate of drug-likeness (QED) is 0.553. The Morgan fingerprint density at radius 1 is 1.43 bits per heavy atom. The van der Waals surface area contributed by atoms with E-state index in [1.165, 1.54) is 28.5 Å². The monoisotopic (exact) mass is 390 g/mol. The van der Waals surface area contributed by atoms with Gasteiger partial charge in [-0.15, -0.1) is 21.4 Å². The zero-order valence-corrected chi connectivity index (χ0v) is 14.7. The molecule has 23 heavy (non-hydrogen) atoms. The Labute approximate surface area is 146 Å². The van der Waals surface area contributed by atoms with Crippen LogP contribution in [-0.4, -0.2) is 36.0 Å². The first-order valence-electron chi connectivity index (χ1n) is 6.41. The van der Waals surface area contributed by atoms with Gasteiger partial charge in [0.1, 0.15) is 4.21 Å². The number of thioether (sulfide) groups is 1. The van der Waals surface area contributed by atoms with Gasteiger partial charge in [0.25, 0.3) is 0 Å². The molecule has 12 heteroatoms. The van der Waals surface area contributed by atoms with Crippen LogP contribution in [0.3, 0.4) is 0 Å². The molecule has 122 valence electrons. The van der Waals surface area contributed by atoms with Gasteiger partial charge in [-0.05, 0) is 23.9 Å². The van der Waals surface area contributed by atoms with Gasteiger partial charge < -0.3 is 18.1 Å². The highest BCUT2D eigenvalue weighted by molar-refractivity contribution is 8.16. The van der Waals surface area contributed by atoms with Gasteiger partial charge in [0.05, 0.1) is 11.7 Å². The predicted molar refractivity (Wildman–Crippen MR) is 82.1 cm³/mol. The minimum Gasteiger partial charge on any atom is -1.00 e. The normalized spacial score (nSPS) is 22.0. The summed E-state index contributed by atoms with van der Waals surface area (Å²) >= 11 is 2.58. The topological polar surface area (TPSA) is 115 Å². The fourth-order valence-electron chi connectivity index (χ4n) is 2.67. The number of thiazole rings is 1. The summed E-state index contributed by atoms with van der Waals surface area (Å²) in [6.45, 7) is 0.361. The number of nitrogens with one attached hydrogen (secondary N) is 1. The summed E-state index contributed by atoms with van der Waals surface area (Å²) in [6, 6.07) is -0.234. The van der Waals surface area contributed by atoms with E-state index in [0.29, 0.717) is 18.5 Å². The fraction of sp³-hybridized carbons (Fsp3) is 0.273. The fourth-order valence-corrected chi connectivity index (χ4v) is 6.18. The second-order valence-corrected chi connectivity index (χ2v) is 8.64. The standard InChI is InChI=1S/C11H10N6O2S3.ClH/c12-2-1-6-7-4-20-10-9(7)17(16-15-14-10)11(6)22(18,19)8-3-13-5-21-8;/h3-5,9H,1-2,12H2;1H. The summed E-state index contributed by atoms with van der Waals surface area (Å²) in [5.74, 6) is 0. The van der Waals surface area contributed by atoms with Crippen LogP contribution in [0.4, 0.5) is 0 Å². The molecule has 0 bridgehead atoms. The number of aromatic nitrogens is 1. The van der Waals surface area contributed by atoms with Crippen molar-refractivity contribution < 1.29 is 25.9 Å². The molecule has 1 atom stereocenters. The Hall–Kier alpha value is -1.27. The molecular weight excluding hydrogens is 380 g/mol. The Balaban J connectivity index is 0.00000156. The maximum atomic E-state index is 13.0. The third-order valence-electron chi connectivity index (χ3n) is 3.54. The summed E-state index contributed by atoms with van der Waals surface area (Å²) in [6.07, 6.45) is 1.82. The second-order valence-electron chi connectivity index (χ2n) is 4.75. The summed E-state index contributed by atoms with van der Waals surface area (Å²) in [5, 5.41) is 15.1. The molecule has 8 nitrogen and oxygen atoms in total. The number of rotatable bonds is 4. The van der Waals surface area contributed by atoms with E-state index in [-0.39, 0.29) is 27.7 Å². The van der Waals surface area contributed by atoms with Crippen molar-refractivity contribution >= 4 is 38.0 Å². The van der Waals surface area contributed by atoms with Crippen LogP contribution in [0, 0.1) is 0 Å². The largest absolute Gasteiger partial charge is 1.00 e. The van der Waals surface area contributed by atoms with Crippen LogP contribution >= 0.6 is 23.1 Å². The third kappa shape index (κ3) is 2.34. The molecule has 0 saturated heterocycles. The maximum absolute atomic E-state index is 13.0. The summed E-state index contributed by atoms with van der Waals surface area (Å²) in [4.78, 5) is 3.87. The highest BCUT2D eigenvalue weighted by Crippen LogP contribution is 2.46. The van der Waals surface area contributed by atoms with Gasteiger partial charge in [0.2, 0.25) is 9.84 Å². The van der Waals surface area contributed by atoms with Gasteiger partial charge >= 0.3 is 0 Å². The zero-order valence-electron chi connectivity index (χ0n) is 11.5. The minimum atomic E-state index is -3.70. The van der Waals surface area contributed by atoms with E-state index >= 15 is 0 Å². The van der Waals surface area contributed by atoms with Gasteiger partial charge in [-0.2, -0.15) is 0 Å². The Kier molecular flexibility index (Phi) is 4.31. The molecule has 4 heterocycles. The predicted octanol–water partition coefficient (Wildman–Crippen LogP) is -3.43. The van der Waals surface area contributed by atoms with Crippen molar-refractivity contribution in [2.24, 2.45) is 16.2 Å². The lowest BCUT2D eigenvalue weighted by atomic mass is 10.0. The van der Waals surface area contributed by atoms with Crippen LogP contribution in [0.25, 0.3) is 0 Å². The molecule has 3 aliphatic rings. The summed E-state index contributed by atoms with van der Waals surface area (Å²) in [5.41, 5.74) is 8.83. The summed E-state index contributed by atoms with van der Waals surface area (Å²) < 4.78 is 26.1. The molecule has 3 aliphatic heterocycles. The van der Waals surface area contributed by atoms with Crippen LogP contribution in [0.2, 0.25) is 0 Å². The van der Waals surface area contributed by atoms with E-state index in [2.05, 4.69) is 20.5 Å². The maximum Gasteiger partial charge on any atom is 0.236 e. The average molecular weight is 391 g/mol. The first-order valence-corrected chi connectivity index (χ1v) is 9.65. The highest BCUT2D eigenvalue weighted by atomic mass is 35.5. The van der Waals surface area contributed by atoms with Crippen molar-refractivity contribution in [2.75, 3.05) is 6.54 Å². The molecule has 1 aromatic heterocycles. The molecule has 1 aromatic rings. The Morgan fingerprint density at radius 2 is 2.26 bits per heavy atom. The van der Waals surface area contributed by atoms with Crippen LogP contribution < -0.4 is 23.2 Å². The van der Waals surface area contributed by atoms with E-state index < -0.39 is 9.84 Å². The lowest BCUT2D eigenvalue weighted by Gasteiger charge is -2.16. The van der Waals surface area contributed by atoms with Crippen molar-refractivity contribution in [1.29, 1.82) is 0 Å². The summed E-state index contributed by atoms with van der Waals surface area (Å²) in [7, 11) is -3.70. The van der Waals surface area contributed by atoms with Gasteiger partial charge in [0.15, 0.2) is 26.6 Å². The van der Waals surface area contributed by atoms with Crippen molar-refractivity contribution in [1.82, 2.24) is 9.99 Å². The molecule has 0 amide bonds. The van der Waals surface area contributed by atoms with E-state index in [1.807, 2.05) is 5.41 Å². The van der Waals surface area contributed by atoms with Crippen molar-refractivity contribution in [2.45, 2.75) is 16.7 Å². The van der Waals surface area contributed by atoms with E-state index in [9.17, 15) is 8.42 Å². The number of hydrogen-bond acceptors (Lipinski definition) is 9. The molecule has 0 aliphatic carbocycles. The Bertz CT molecular complexity index is 858. The van der Waals surface area contributed by atoms with Gasteiger partial charge in [-0.1, -0.05) is 11.8 Å². The first kappa shape index (κ1) is 16.6. The second kappa shape index (κ2) is 5.98. The SMILES string of the molecule is NCCC1=C(S(=O)(=O)c2cncs2)N2N=N[NH+]=C3SC=C1C32.[Cl-].